The van der Waals surface area contributed by atoms with Gasteiger partial charge in [0.1, 0.15) is 0 Å². The lowest BCUT2D eigenvalue weighted by atomic mass is 9.94. The zero-order valence-corrected chi connectivity index (χ0v) is 7.04. The molecule has 3 heteroatoms. The van der Waals surface area contributed by atoms with E-state index >= 15 is 0 Å². The van der Waals surface area contributed by atoms with Gasteiger partial charge in [0.05, 0.1) is 12.7 Å². The molecule has 1 fully saturated rings. The van der Waals surface area contributed by atoms with Crippen molar-refractivity contribution in [1.29, 1.82) is 0 Å². The molecule has 0 saturated carbocycles. The summed E-state index contributed by atoms with van der Waals surface area (Å²) in [5, 5.41) is 9.56. The molecule has 0 aromatic heterocycles. The Morgan fingerprint density at radius 2 is 2.33 bits per heavy atom. The van der Waals surface area contributed by atoms with E-state index in [0.717, 1.165) is 17.6 Å². The van der Waals surface area contributed by atoms with Gasteiger partial charge in [0, 0.05) is 11.5 Å². The molecule has 66 valence electrons. The van der Waals surface area contributed by atoms with Crippen LogP contribution in [0.5, 0.6) is 0 Å². The van der Waals surface area contributed by atoms with Crippen LogP contribution in [0.15, 0.2) is 11.1 Å². The number of hydrogen-bond donors (Lipinski definition) is 1. The summed E-state index contributed by atoms with van der Waals surface area (Å²) in [6.45, 7) is 2.35. The van der Waals surface area contributed by atoms with E-state index in [9.17, 15) is 9.90 Å². The molecule has 12 heavy (non-hydrogen) atoms. The molecule has 1 aliphatic carbocycles. The van der Waals surface area contributed by atoms with Crippen molar-refractivity contribution in [3.63, 3.8) is 0 Å². The molecule has 0 unspecified atom stereocenters. The second-order valence-electron chi connectivity index (χ2n) is 3.50. The lowest BCUT2D eigenvalue weighted by Crippen LogP contribution is -2.28. The Kier molecular flexibility index (Phi) is 1.68. The van der Waals surface area contributed by atoms with Crippen molar-refractivity contribution in [2.75, 3.05) is 6.61 Å². The van der Waals surface area contributed by atoms with Crippen molar-refractivity contribution in [3.8, 4) is 0 Å². The minimum atomic E-state index is -0.354. The average molecular weight is 168 g/mol. The molecule has 0 bridgehead atoms. The SMILES string of the molecule is CC1=C2C(=O)OCC[C@H]2[C@H](O)C1. The largest absolute Gasteiger partial charge is 0.462 e. The summed E-state index contributed by atoms with van der Waals surface area (Å²) in [5.41, 5.74) is 1.73. The minimum Gasteiger partial charge on any atom is -0.462 e. The molecule has 0 spiro atoms. The van der Waals surface area contributed by atoms with Gasteiger partial charge >= 0.3 is 5.97 Å². The fourth-order valence-electron chi connectivity index (χ4n) is 2.09. The number of aliphatic hydroxyl groups excluding tert-OH is 1. The zero-order chi connectivity index (χ0) is 8.72. The van der Waals surface area contributed by atoms with Gasteiger partial charge in [-0.3, -0.25) is 0 Å². The van der Waals surface area contributed by atoms with Crippen molar-refractivity contribution < 1.29 is 14.6 Å². The van der Waals surface area contributed by atoms with Crippen LogP contribution < -0.4 is 0 Å². The lowest BCUT2D eigenvalue weighted by Gasteiger charge is -2.22. The van der Waals surface area contributed by atoms with Gasteiger partial charge in [-0.1, -0.05) is 5.57 Å². The summed E-state index contributed by atoms with van der Waals surface area (Å²) in [4.78, 5) is 11.2. The summed E-state index contributed by atoms with van der Waals surface area (Å²) in [6, 6.07) is 0. The maximum atomic E-state index is 11.2. The molecule has 1 aliphatic heterocycles. The number of aliphatic hydroxyl groups is 1. The Labute approximate surface area is 71.0 Å². The first-order valence-electron chi connectivity index (χ1n) is 4.25. The molecule has 0 radical (unpaired) electrons. The van der Waals surface area contributed by atoms with Crippen LogP contribution in [0.4, 0.5) is 0 Å². The summed E-state index contributed by atoms with van der Waals surface area (Å²) >= 11 is 0. The molecule has 3 nitrogen and oxygen atoms in total. The monoisotopic (exact) mass is 168 g/mol. The molecule has 0 aromatic carbocycles. The minimum absolute atomic E-state index is 0.0475. The van der Waals surface area contributed by atoms with Gasteiger partial charge in [-0.25, -0.2) is 4.79 Å². The zero-order valence-electron chi connectivity index (χ0n) is 7.04. The van der Waals surface area contributed by atoms with E-state index in [2.05, 4.69) is 0 Å². The molecule has 0 amide bonds. The standard InChI is InChI=1S/C9H12O3/c1-5-4-7(10)6-2-3-12-9(11)8(5)6/h6-7,10H,2-4H2,1H3/t6-,7+/m0/s1. The number of fused-ring (bicyclic) bond motifs is 1. The normalized spacial score (nSPS) is 35.0. The maximum absolute atomic E-state index is 11.2. The van der Waals surface area contributed by atoms with Crippen molar-refractivity contribution in [2.45, 2.75) is 25.9 Å². The molecule has 2 rings (SSSR count). The van der Waals surface area contributed by atoms with Gasteiger partial charge in [0.2, 0.25) is 0 Å². The van der Waals surface area contributed by atoms with E-state index in [4.69, 9.17) is 4.74 Å². The van der Waals surface area contributed by atoms with Crippen LogP contribution in [0.2, 0.25) is 0 Å². The first-order chi connectivity index (χ1) is 5.70. The molecule has 1 saturated heterocycles. The third-order valence-corrected chi connectivity index (χ3v) is 2.69. The van der Waals surface area contributed by atoms with Gasteiger partial charge in [-0.05, 0) is 19.8 Å². The molecule has 1 N–H and O–H groups in total. The van der Waals surface area contributed by atoms with Crippen molar-refractivity contribution in [3.05, 3.63) is 11.1 Å². The predicted octanol–water partition coefficient (Wildman–Crippen LogP) is 0.631. The fourth-order valence-corrected chi connectivity index (χ4v) is 2.09. The molecule has 2 atom stereocenters. The number of rotatable bonds is 0. The Bertz CT molecular complexity index is 254. The Balaban J connectivity index is 2.33. The quantitative estimate of drug-likeness (QED) is 0.540. The van der Waals surface area contributed by atoms with Crippen molar-refractivity contribution in [1.82, 2.24) is 0 Å². The third-order valence-electron chi connectivity index (χ3n) is 2.69. The number of hydrogen-bond acceptors (Lipinski definition) is 3. The van der Waals surface area contributed by atoms with Crippen LogP contribution in [-0.4, -0.2) is 23.8 Å². The first kappa shape index (κ1) is 7.80. The van der Waals surface area contributed by atoms with Gasteiger partial charge in [-0.2, -0.15) is 0 Å². The first-order valence-corrected chi connectivity index (χ1v) is 4.25. The molecule has 1 heterocycles. The topological polar surface area (TPSA) is 46.5 Å². The van der Waals surface area contributed by atoms with Gasteiger partial charge in [0.25, 0.3) is 0 Å². The highest BCUT2D eigenvalue weighted by Crippen LogP contribution is 2.37. The smallest absolute Gasteiger partial charge is 0.334 e. The maximum Gasteiger partial charge on any atom is 0.334 e. The molecular formula is C9H12O3. The number of carbonyl (C=O) groups excluding carboxylic acids is 1. The molecule has 2 aliphatic rings. The van der Waals surface area contributed by atoms with Crippen LogP contribution in [0.1, 0.15) is 19.8 Å². The summed E-state index contributed by atoms with van der Waals surface area (Å²) in [6.07, 6.45) is 1.06. The Morgan fingerprint density at radius 3 is 3.00 bits per heavy atom. The van der Waals surface area contributed by atoms with E-state index in [-0.39, 0.29) is 18.0 Å². The van der Waals surface area contributed by atoms with Gasteiger partial charge in [0.15, 0.2) is 0 Å². The van der Waals surface area contributed by atoms with Crippen molar-refractivity contribution >= 4 is 5.97 Å². The van der Waals surface area contributed by atoms with Crippen LogP contribution in [0, 0.1) is 5.92 Å². The van der Waals surface area contributed by atoms with Crippen LogP contribution >= 0.6 is 0 Å². The second kappa shape index (κ2) is 2.59. The third kappa shape index (κ3) is 0.966. The summed E-state index contributed by atoms with van der Waals surface area (Å²) < 4.78 is 4.90. The Morgan fingerprint density at radius 1 is 1.58 bits per heavy atom. The lowest BCUT2D eigenvalue weighted by molar-refractivity contribution is -0.143. The summed E-state index contributed by atoms with van der Waals surface area (Å²) in [5.74, 6) is -0.174. The Hall–Kier alpha value is -0.830. The second-order valence-corrected chi connectivity index (χ2v) is 3.50. The predicted molar refractivity (Wildman–Crippen MR) is 42.4 cm³/mol. The highest BCUT2D eigenvalue weighted by atomic mass is 16.5. The van der Waals surface area contributed by atoms with E-state index in [1.807, 2.05) is 6.92 Å². The highest BCUT2D eigenvalue weighted by Gasteiger charge is 2.38. The van der Waals surface area contributed by atoms with E-state index in [1.165, 1.54) is 0 Å². The molecular weight excluding hydrogens is 156 g/mol. The average Bonchev–Trinajstić information content (AvgIpc) is 2.29. The van der Waals surface area contributed by atoms with Crippen LogP contribution in [0.25, 0.3) is 0 Å². The van der Waals surface area contributed by atoms with E-state index in [1.54, 1.807) is 0 Å². The van der Waals surface area contributed by atoms with Crippen LogP contribution in [-0.2, 0) is 9.53 Å². The number of carbonyl (C=O) groups is 1. The number of ether oxygens (including phenoxy) is 1. The van der Waals surface area contributed by atoms with Gasteiger partial charge < -0.3 is 9.84 Å². The van der Waals surface area contributed by atoms with E-state index < -0.39 is 0 Å². The highest BCUT2D eigenvalue weighted by molar-refractivity contribution is 5.91. The van der Waals surface area contributed by atoms with Crippen LogP contribution in [0.3, 0.4) is 0 Å². The summed E-state index contributed by atoms with van der Waals surface area (Å²) in [7, 11) is 0. The molecule has 0 aromatic rings. The fraction of sp³-hybridized carbons (Fsp3) is 0.667. The van der Waals surface area contributed by atoms with E-state index in [0.29, 0.717) is 13.0 Å². The number of esters is 1. The number of cyclic esters (lactones) is 1. The van der Waals surface area contributed by atoms with Crippen molar-refractivity contribution in [2.24, 2.45) is 5.92 Å². The van der Waals surface area contributed by atoms with Gasteiger partial charge in [-0.15, -0.1) is 0 Å².